The maximum Gasteiger partial charge on any atom is 0.0149 e. The molecule has 0 nitrogen and oxygen atoms in total. The van der Waals surface area contributed by atoms with Crippen LogP contribution in [0.15, 0.2) is 42.5 Å². The average Bonchev–Trinajstić information content (AvgIpc) is 2.33. The van der Waals surface area contributed by atoms with E-state index in [9.17, 15) is 0 Å². The Morgan fingerprint density at radius 3 is 2.00 bits per heavy atom. The van der Waals surface area contributed by atoms with Gasteiger partial charge in [0.05, 0.1) is 0 Å². The predicted octanol–water partition coefficient (Wildman–Crippen LogP) is 4.94. The normalized spacial score (nSPS) is 11.6. The molecule has 0 saturated carbocycles. The van der Waals surface area contributed by atoms with E-state index in [1.165, 1.54) is 27.8 Å². The van der Waals surface area contributed by atoms with E-state index in [2.05, 4.69) is 77.1 Å². The zero-order chi connectivity index (χ0) is 13.3. The zero-order valence-electron chi connectivity index (χ0n) is 12.0. The number of hydrogen-bond donors (Lipinski definition) is 0. The van der Waals surface area contributed by atoms with E-state index in [4.69, 9.17) is 0 Å². The lowest BCUT2D eigenvalue weighted by Gasteiger charge is -2.28. The highest BCUT2D eigenvalue weighted by atomic mass is 14.3. The molecule has 0 radical (unpaired) electrons. The molecule has 0 heterocycles. The molecule has 0 bridgehead atoms. The summed E-state index contributed by atoms with van der Waals surface area (Å²) in [6, 6.07) is 15.5. The minimum atomic E-state index is 0.0593. The van der Waals surface area contributed by atoms with Gasteiger partial charge in [-0.3, -0.25) is 0 Å². The molecule has 0 amide bonds. The van der Waals surface area contributed by atoms with E-state index in [-0.39, 0.29) is 5.41 Å². The summed E-state index contributed by atoms with van der Waals surface area (Å²) in [5, 5.41) is 0. The first kappa shape index (κ1) is 12.9. The van der Waals surface area contributed by atoms with Crippen LogP contribution >= 0.6 is 0 Å². The van der Waals surface area contributed by atoms with Crippen LogP contribution in [0.1, 0.15) is 41.7 Å². The molecule has 0 aliphatic rings. The summed E-state index contributed by atoms with van der Waals surface area (Å²) < 4.78 is 0. The third kappa shape index (κ3) is 2.20. The SMILES string of the molecule is Cc1ccc(C(C)(C)c2ccccc2C)cc1C. The molecule has 0 spiro atoms. The van der Waals surface area contributed by atoms with Gasteiger partial charge in [-0.25, -0.2) is 0 Å². The quantitative estimate of drug-likeness (QED) is 0.695. The molecule has 0 saturated heterocycles. The Bertz CT molecular complexity index is 562. The summed E-state index contributed by atoms with van der Waals surface area (Å²) in [7, 11) is 0. The van der Waals surface area contributed by atoms with Gasteiger partial charge in [-0.2, -0.15) is 0 Å². The van der Waals surface area contributed by atoms with Crippen molar-refractivity contribution in [3.05, 3.63) is 70.3 Å². The van der Waals surface area contributed by atoms with Gasteiger partial charge in [0.25, 0.3) is 0 Å². The van der Waals surface area contributed by atoms with Crippen molar-refractivity contribution in [2.24, 2.45) is 0 Å². The summed E-state index contributed by atoms with van der Waals surface area (Å²) in [5.41, 5.74) is 6.95. The van der Waals surface area contributed by atoms with Gasteiger partial charge >= 0.3 is 0 Å². The van der Waals surface area contributed by atoms with E-state index >= 15 is 0 Å². The lowest BCUT2D eigenvalue weighted by Crippen LogP contribution is -2.20. The van der Waals surface area contributed by atoms with Gasteiger partial charge in [-0.1, -0.05) is 56.3 Å². The predicted molar refractivity (Wildman–Crippen MR) is 79.2 cm³/mol. The van der Waals surface area contributed by atoms with Gasteiger partial charge in [-0.05, 0) is 48.6 Å². The molecular formula is C18H22. The van der Waals surface area contributed by atoms with Gasteiger partial charge in [0.2, 0.25) is 0 Å². The fourth-order valence-electron chi connectivity index (χ4n) is 2.56. The van der Waals surface area contributed by atoms with Crippen molar-refractivity contribution >= 4 is 0 Å². The summed E-state index contributed by atoms with van der Waals surface area (Å²) >= 11 is 0. The molecule has 0 aliphatic heterocycles. The smallest absolute Gasteiger partial charge is 0.0149 e. The lowest BCUT2D eigenvalue weighted by molar-refractivity contribution is 0.635. The molecular weight excluding hydrogens is 216 g/mol. The van der Waals surface area contributed by atoms with Gasteiger partial charge < -0.3 is 0 Å². The molecule has 0 unspecified atom stereocenters. The summed E-state index contributed by atoms with van der Waals surface area (Å²) in [5.74, 6) is 0. The highest BCUT2D eigenvalue weighted by Crippen LogP contribution is 2.34. The highest BCUT2D eigenvalue weighted by Gasteiger charge is 2.24. The Morgan fingerprint density at radius 2 is 1.39 bits per heavy atom. The molecule has 0 N–H and O–H groups in total. The van der Waals surface area contributed by atoms with Crippen LogP contribution in [-0.4, -0.2) is 0 Å². The Morgan fingerprint density at radius 1 is 0.722 bits per heavy atom. The van der Waals surface area contributed by atoms with Crippen LogP contribution in [0.4, 0.5) is 0 Å². The van der Waals surface area contributed by atoms with Crippen LogP contribution < -0.4 is 0 Å². The first-order valence-corrected chi connectivity index (χ1v) is 6.57. The van der Waals surface area contributed by atoms with Gasteiger partial charge in [0.15, 0.2) is 0 Å². The Labute approximate surface area is 111 Å². The van der Waals surface area contributed by atoms with Gasteiger partial charge in [0.1, 0.15) is 0 Å². The number of aryl methyl sites for hydroxylation is 3. The molecule has 0 atom stereocenters. The first-order chi connectivity index (χ1) is 8.43. The van der Waals surface area contributed by atoms with Gasteiger partial charge in [0, 0.05) is 5.41 Å². The molecule has 0 aromatic heterocycles. The number of benzene rings is 2. The summed E-state index contributed by atoms with van der Waals surface area (Å²) in [6.45, 7) is 11.2. The number of rotatable bonds is 2. The fraction of sp³-hybridized carbons (Fsp3) is 0.333. The largest absolute Gasteiger partial charge is 0.0620 e. The maximum absolute atomic E-state index is 2.32. The standard InChI is InChI=1S/C18H22/c1-13-10-11-16(12-15(13)3)18(4,5)17-9-7-6-8-14(17)2/h6-12H,1-5H3. The summed E-state index contributed by atoms with van der Waals surface area (Å²) in [6.07, 6.45) is 0. The second-order valence-electron chi connectivity index (χ2n) is 5.74. The van der Waals surface area contributed by atoms with E-state index in [0.717, 1.165) is 0 Å². The molecule has 2 aromatic rings. The Kier molecular flexibility index (Phi) is 3.30. The molecule has 18 heavy (non-hydrogen) atoms. The topological polar surface area (TPSA) is 0 Å². The minimum absolute atomic E-state index is 0.0593. The van der Waals surface area contributed by atoms with Crippen molar-refractivity contribution < 1.29 is 0 Å². The van der Waals surface area contributed by atoms with Crippen LogP contribution in [0.3, 0.4) is 0 Å². The molecule has 0 fully saturated rings. The second kappa shape index (κ2) is 4.61. The van der Waals surface area contributed by atoms with E-state index < -0.39 is 0 Å². The van der Waals surface area contributed by atoms with Crippen LogP contribution in [-0.2, 0) is 5.41 Å². The molecule has 2 rings (SSSR count). The second-order valence-corrected chi connectivity index (χ2v) is 5.74. The van der Waals surface area contributed by atoms with Crippen molar-refractivity contribution in [1.82, 2.24) is 0 Å². The van der Waals surface area contributed by atoms with Crippen molar-refractivity contribution in [2.45, 2.75) is 40.0 Å². The zero-order valence-corrected chi connectivity index (χ0v) is 12.0. The average molecular weight is 238 g/mol. The Balaban J connectivity index is 2.54. The van der Waals surface area contributed by atoms with Crippen LogP contribution in [0, 0.1) is 20.8 Å². The third-order valence-corrected chi connectivity index (χ3v) is 4.05. The van der Waals surface area contributed by atoms with Crippen molar-refractivity contribution in [2.75, 3.05) is 0 Å². The van der Waals surface area contributed by atoms with E-state index in [1.54, 1.807) is 0 Å². The molecule has 0 aliphatic carbocycles. The van der Waals surface area contributed by atoms with Gasteiger partial charge in [-0.15, -0.1) is 0 Å². The Hall–Kier alpha value is -1.56. The van der Waals surface area contributed by atoms with E-state index in [0.29, 0.717) is 0 Å². The maximum atomic E-state index is 2.32. The third-order valence-electron chi connectivity index (χ3n) is 4.05. The molecule has 2 aromatic carbocycles. The van der Waals surface area contributed by atoms with Crippen molar-refractivity contribution in [1.29, 1.82) is 0 Å². The fourth-order valence-corrected chi connectivity index (χ4v) is 2.56. The highest BCUT2D eigenvalue weighted by molar-refractivity contribution is 5.44. The van der Waals surface area contributed by atoms with Crippen LogP contribution in [0.5, 0.6) is 0 Å². The van der Waals surface area contributed by atoms with E-state index in [1.807, 2.05) is 0 Å². The van der Waals surface area contributed by atoms with Crippen molar-refractivity contribution in [3.8, 4) is 0 Å². The first-order valence-electron chi connectivity index (χ1n) is 6.57. The summed E-state index contributed by atoms with van der Waals surface area (Å²) in [4.78, 5) is 0. The lowest BCUT2D eigenvalue weighted by atomic mass is 9.75. The molecule has 94 valence electrons. The minimum Gasteiger partial charge on any atom is -0.0620 e. The molecule has 0 heteroatoms. The van der Waals surface area contributed by atoms with Crippen LogP contribution in [0.2, 0.25) is 0 Å². The van der Waals surface area contributed by atoms with Crippen LogP contribution in [0.25, 0.3) is 0 Å². The number of hydrogen-bond acceptors (Lipinski definition) is 0. The monoisotopic (exact) mass is 238 g/mol. The van der Waals surface area contributed by atoms with Crippen molar-refractivity contribution in [3.63, 3.8) is 0 Å².